The van der Waals surface area contributed by atoms with E-state index in [0.717, 1.165) is 5.56 Å². The van der Waals surface area contributed by atoms with E-state index in [-0.39, 0.29) is 12.7 Å². The number of hydrogen-bond donors (Lipinski definition) is 0. The highest BCUT2D eigenvalue weighted by molar-refractivity contribution is 5.52. The monoisotopic (exact) mass is 518 g/mol. The molecule has 2 aromatic rings. The van der Waals surface area contributed by atoms with Gasteiger partial charge < -0.3 is 37.9 Å². The quantitative estimate of drug-likeness (QED) is 0.237. The number of aliphatic imine (C=N–C) groups is 2. The van der Waals surface area contributed by atoms with Crippen LogP contribution in [0.4, 0.5) is 0 Å². The molecule has 0 saturated carbocycles. The smallest absolute Gasteiger partial charge is 0.200 e. The lowest BCUT2D eigenvalue weighted by atomic mass is 9.92. The molecule has 0 heterocycles. The largest absolute Gasteiger partial charge is 0.493 e. The molecule has 0 aromatic heterocycles. The summed E-state index contributed by atoms with van der Waals surface area (Å²) in [7, 11) is 12.6. The Labute approximate surface area is 219 Å². The first kappa shape index (κ1) is 30.1. The van der Waals surface area contributed by atoms with Crippen LogP contribution in [-0.2, 0) is 24.7 Å². The third-order valence-electron chi connectivity index (χ3n) is 6.01. The van der Waals surface area contributed by atoms with Gasteiger partial charge in [0.15, 0.2) is 35.1 Å². The molecule has 0 fully saturated rings. The Balaban J connectivity index is 2.60. The van der Waals surface area contributed by atoms with Gasteiger partial charge in [-0.3, -0.25) is 0 Å². The second-order valence-corrected chi connectivity index (χ2v) is 7.81. The van der Waals surface area contributed by atoms with Crippen LogP contribution in [0.5, 0.6) is 23.0 Å². The molecule has 0 bridgehead atoms. The zero-order valence-corrected chi connectivity index (χ0v) is 22.9. The third-order valence-corrected chi connectivity index (χ3v) is 6.01. The highest BCUT2D eigenvalue weighted by Crippen LogP contribution is 2.46. The first-order chi connectivity index (χ1) is 18.0. The summed E-state index contributed by atoms with van der Waals surface area (Å²) in [5.74, 6) is 0.886. The Bertz CT molecular complexity index is 1030. The maximum Gasteiger partial charge on any atom is 0.200 e. The van der Waals surface area contributed by atoms with Gasteiger partial charge in [-0.15, -0.1) is 0 Å². The van der Waals surface area contributed by atoms with Gasteiger partial charge in [-0.05, 0) is 18.2 Å². The van der Waals surface area contributed by atoms with E-state index in [1.165, 1.54) is 0 Å². The van der Waals surface area contributed by atoms with E-state index in [4.69, 9.17) is 37.9 Å². The zero-order chi connectivity index (χ0) is 27.3. The fourth-order valence-corrected chi connectivity index (χ4v) is 4.08. The minimum Gasteiger partial charge on any atom is -0.493 e. The van der Waals surface area contributed by atoms with E-state index in [1.807, 2.05) is 30.3 Å². The van der Waals surface area contributed by atoms with Gasteiger partial charge in [0.1, 0.15) is 0 Å². The lowest BCUT2D eigenvalue weighted by Crippen LogP contribution is -2.33. The van der Waals surface area contributed by atoms with Crippen LogP contribution in [-0.4, -0.2) is 75.7 Å². The van der Waals surface area contributed by atoms with Crippen molar-refractivity contribution >= 4 is 6.01 Å². The molecule has 0 saturated heterocycles. The van der Waals surface area contributed by atoms with E-state index >= 15 is 0 Å². The Morgan fingerprint density at radius 3 is 1.89 bits per heavy atom. The van der Waals surface area contributed by atoms with Gasteiger partial charge in [0.25, 0.3) is 0 Å². The lowest BCUT2D eigenvalue weighted by Gasteiger charge is -2.35. The zero-order valence-electron chi connectivity index (χ0n) is 22.9. The number of hydrogen-bond acceptors (Lipinski definition) is 10. The Kier molecular flexibility index (Phi) is 12.4. The number of methoxy groups -OCH3 is 8. The Hall–Kier alpha value is -3.14. The van der Waals surface area contributed by atoms with E-state index in [1.54, 1.807) is 62.9 Å². The summed E-state index contributed by atoms with van der Waals surface area (Å²) in [6.45, 7) is 0.418. The van der Waals surface area contributed by atoms with Crippen LogP contribution in [0.25, 0.3) is 0 Å². The summed E-state index contributed by atoms with van der Waals surface area (Å²) >= 11 is 0. The molecule has 2 rings (SSSR count). The molecule has 10 heteroatoms. The molecule has 2 aromatic carbocycles. The number of ether oxygens (including phenoxy) is 8. The van der Waals surface area contributed by atoms with Gasteiger partial charge in [-0.1, -0.05) is 18.2 Å². The summed E-state index contributed by atoms with van der Waals surface area (Å²) in [5, 5.41) is 0. The minimum absolute atomic E-state index is 0.230. The van der Waals surface area contributed by atoms with Crippen molar-refractivity contribution in [1.82, 2.24) is 0 Å². The van der Waals surface area contributed by atoms with E-state index in [2.05, 4.69) is 16.0 Å². The van der Waals surface area contributed by atoms with Crippen molar-refractivity contribution in [1.29, 1.82) is 0 Å². The summed E-state index contributed by atoms with van der Waals surface area (Å²) in [5.41, 5.74) is 1.39. The number of rotatable bonds is 16. The van der Waals surface area contributed by atoms with Crippen LogP contribution in [0, 0.1) is 0 Å². The van der Waals surface area contributed by atoms with Crippen molar-refractivity contribution in [2.45, 2.75) is 31.0 Å². The highest BCUT2D eigenvalue weighted by Gasteiger charge is 2.40. The standard InChI is InChI=1S/C27H38N2O8/c1-30-22-13-9-11-19(25(22)34-5)21(29-18-28-16-15-24(32-3)33-4)17-27(36-7,37-8)20-12-10-14-23(31-2)26(20)35-6/h9-14,21,24H,15-17H2,1-8H3. The van der Waals surface area contributed by atoms with Crippen LogP contribution in [0.15, 0.2) is 46.4 Å². The minimum atomic E-state index is -1.26. The van der Waals surface area contributed by atoms with Crippen LogP contribution in [0.3, 0.4) is 0 Å². The molecule has 37 heavy (non-hydrogen) atoms. The van der Waals surface area contributed by atoms with Gasteiger partial charge in [0.2, 0.25) is 0 Å². The van der Waals surface area contributed by atoms with Crippen LogP contribution in [0.2, 0.25) is 0 Å². The molecule has 0 aliphatic rings. The van der Waals surface area contributed by atoms with Gasteiger partial charge >= 0.3 is 0 Å². The van der Waals surface area contributed by atoms with Crippen molar-refractivity contribution in [2.24, 2.45) is 9.98 Å². The fraction of sp³-hybridized carbons (Fsp3) is 0.519. The first-order valence-electron chi connectivity index (χ1n) is 11.7. The maximum absolute atomic E-state index is 6.00. The van der Waals surface area contributed by atoms with Gasteiger partial charge in [0.05, 0.1) is 52.6 Å². The third kappa shape index (κ3) is 7.21. The van der Waals surface area contributed by atoms with Crippen molar-refractivity contribution < 1.29 is 37.9 Å². The topological polar surface area (TPSA) is 98.6 Å². The fourth-order valence-electron chi connectivity index (χ4n) is 4.08. The van der Waals surface area contributed by atoms with Crippen LogP contribution >= 0.6 is 0 Å². The number of para-hydroxylation sites is 2. The highest BCUT2D eigenvalue weighted by atomic mass is 16.7. The van der Waals surface area contributed by atoms with E-state index in [0.29, 0.717) is 41.5 Å². The average molecular weight is 519 g/mol. The molecule has 0 aliphatic heterocycles. The molecule has 10 nitrogen and oxygen atoms in total. The van der Waals surface area contributed by atoms with Crippen molar-refractivity contribution in [2.75, 3.05) is 63.4 Å². The van der Waals surface area contributed by atoms with E-state index in [9.17, 15) is 0 Å². The van der Waals surface area contributed by atoms with Crippen molar-refractivity contribution in [3.05, 3.63) is 47.5 Å². The Morgan fingerprint density at radius 2 is 1.35 bits per heavy atom. The van der Waals surface area contributed by atoms with E-state index < -0.39 is 11.8 Å². The predicted molar refractivity (Wildman–Crippen MR) is 139 cm³/mol. The van der Waals surface area contributed by atoms with Gasteiger partial charge in [0, 0.05) is 46.8 Å². The summed E-state index contributed by atoms with van der Waals surface area (Å²) in [6.07, 6.45) is 0.438. The molecular weight excluding hydrogens is 480 g/mol. The SMILES string of the molecule is COc1cccc(C(CC(OC)(OC)c2cccc(OC)c2OC)N=C=NCCC(OC)OC)c1OC. The predicted octanol–water partition coefficient (Wildman–Crippen LogP) is 4.48. The molecule has 1 unspecified atom stereocenters. The molecule has 204 valence electrons. The Morgan fingerprint density at radius 1 is 0.757 bits per heavy atom. The molecule has 0 radical (unpaired) electrons. The molecule has 0 spiro atoms. The number of nitrogens with zero attached hydrogens (tertiary/aromatic N) is 2. The second-order valence-electron chi connectivity index (χ2n) is 7.81. The lowest BCUT2D eigenvalue weighted by molar-refractivity contribution is -0.223. The van der Waals surface area contributed by atoms with Gasteiger partial charge in [-0.25, -0.2) is 9.98 Å². The summed E-state index contributed by atoms with van der Waals surface area (Å²) in [4.78, 5) is 8.98. The maximum atomic E-state index is 6.00. The molecular formula is C27H38N2O8. The second kappa shape index (κ2) is 15.2. The van der Waals surface area contributed by atoms with Crippen LogP contribution in [0.1, 0.15) is 30.0 Å². The summed E-state index contributed by atoms with van der Waals surface area (Å²) in [6, 6.07) is 13.4. The molecule has 0 amide bonds. The molecule has 1 atom stereocenters. The average Bonchev–Trinajstić information content (AvgIpc) is 2.95. The van der Waals surface area contributed by atoms with Gasteiger partial charge in [-0.2, -0.15) is 0 Å². The normalized spacial score (nSPS) is 12.0. The first-order valence-corrected chi connectivity index (χ1v) is 11.7. The molecule has 0 aliphatic carbocycles. The summed E-state index contributed by atoms with van der Waals surface area (Å²) < 4.78 is 44.8. The van der Waals surface area contributed by atoms with Crippen molar-refractivity contribution in [3.63, 3.8) is 0 Å². The molecule has 0 N–H and O–H groups in total. The van der Waals surface area contributed by atoms with Crippen LogP contribution < -0.4 is 18.9 Å². The van der Waals surface area contributed by atoms with Crippen molar-refractivity contribution in [3.8, 4) is 23.0 Å². The number of benzene rings is 2.